The second kappa shape index (κ2) is 9.82. The zero-order chi connectivity index (χ0) is 23.2. The topological polar surface area (TPSA) is 114 Å². The van der Waals surface area contributed by atoms with Crippen molar-refractivity contribution in [2.75, 3.05) is 12.4 Å². The number of amides is 2. The highest BCUT2D eigenvalue weighted by molar-refractivity contribution is 5.89. The van der Waals surface area contributed by atoms with Crippen LogP contribution >= 0.6 is 0 Å². The van der Waals surface area contributed by atoms with Crippen molar-refractivity contribution < 1.29 is 9.53 Å². The Balaban J connectivity index is 1.60. The standard InChI is InChI=1S/C24H24N6O3/c1-3-18-13-22(31)28-23(26-18)30-21(14-20(29-30)17-7-5-4-6-8-17)27-24(32)25-15-16-9-11-19(33-2)12-10-16/h4-14H,3,15H2,1-2H3,(H2,25,27,32)(H,26,28,31). The molecular weight excluding hydrogens is 420 g/mol. The highest BCUT2D eigenvalue weighted by Gasteiger charge is 2.16. The molecule has 0 atom stereocenters. The first-order chi connectivity index (χ1) is 16.1. The van der Waals surface area contributed by atoms with Gasteiger partial charge in [-0.05, 0) is 24.1 Å². The van der Waals surface area contributed by atoms with E-state index in [1.165, 1.54) is 10.7 Å². The van der Waals surface area contributed by atoms with E-state index in [1.54, 1.807) is 13.2 Å². The minimum atomic E-state index is -0.416. The summed E-state index contributed by atoms with van der Waals surface area (Å²) in [4.78, 5) is 31.9. The normalized spacial score (nSPS) is 10.6. The highest BCUT2D eigenvalue weighted by Crippen LogP contribution is 2.23. The van der Waals surface area contributed by atoms with E-state index in [0.29, 0.717) is 30.2 Å². The lowest BCUT2D eigenvalue weighted by Gasteiger charge is -2.10. The maximum absolute atomic E-state index is 12.6. The van der Waals surface area contributed by atoms with Crippen LogP contribution in [0, 0.1) is 0 Å². The van der Waals surface area contributed by atoms with E-state index in [1.807, 2.05) is 61.5 Å². The summed E-state index contributed by atoms with van der Waals surface area (Å²) in [6.07, 6.45) is 0.592. The largest absolute Gasteiger partial charge is 0.497 e. The van der Waals surface area contributed by atoms with Crippen LogP contribution in [0.15, 0.2) is 71.5 Å². The van der Waals surface area contributed by atoms with Crippen LogP contribution in [0.25, 0.3) is 17.2 Å². The minimum Gasteiger partial charge on any atom is -0.497 e. The molecule has 2 aromatic carbocycles. The number of hydrogen-bond acceptors (Lipinski definition) is 5. The number of H-pyrrole nitrogens is 1. The van der Waals surface area contributed by atoms with Gasteiger partial charge < -0.3 is 10.1 Å². The Labute approximate surface area is 190 Å². The molecule has 0 unspecified atom stereocenters. The summed E-state index contributed by atoms with van der Waals surface area (Å²) in [6.45, 7) is 2.24. The Kier molecular flexibility index (Phi) is 6.49. The van der Waals surface area contributed by atoms with E-state index in [4.69, 9.17) is 4.74 Å². The molecule has 9 heteroatoms. The Morgan fingerprint density at radius 2 is 1.85 bits per heavy atom. The molecule has 0 spiro atoms. The number of aromatic amines is 1. The molecule has 2 aromatic heterocycles. The summed E-state index contributed by atoms with van der Waals surface area (Å²) in [5, 5.41) is 10.2. The monoisotopic (exact) mass is 444 g/mol. The van der Waals surface area contributed by atoms with Crippen molar-refractivity contribution >= 4 is 11.8 Å². The lowest BCUT2D eigenvalue weighted by atomic mass is 10.2. The molecule has 4 aromatic rings. The van der Waals surface area contributed by atoms with Crippen LogP contribution in [-0.4, -0.2) is 32.9 Å². The number of methoxy groups -OCH3 is 1. The Morgan fingerprint density at radius 3 is 2.55 bits per heavy atom. The summed E-state index contributed by atoms with van der Waals surface area (Å²) in [5.74, 6) is 1.35. The average molecular weight is 444 g/mol. The molecule has 4 rings (SSSR count). The molecule has 2 amide bonds. The maximum atomic E-state index is 12.6. The van der Waals surface area contributed by atoms with Gasteiger partial charge in [-0.15, -0.1) is 0 Å². The van der Waals surface area contributed by atoms with E-state index in [2.05, 4.69) is 25.7 Å². The van der Waals surface area contributed by atoms with Crippen LogP contribution < -0.4 is 20.9 Å². The van der Waals surface area contributed by atoms with Crippen molar-refractivity contribution in [1.29, 1.82) is 0 Å². The van der Waals surface area contributed by atoms with Gasteiger partial charge in [0.05, 0.1) is 12.8 Å². The molecule has 0 aliphatic rings. The van der Waals surface area contributed by atoms with Gasteiger partial charge in [-0.2, -0.15) is 9.78 Å². The third-order valence-corrected chi connectivity index (χ3v) is 4.98. The predicted octanol–water partition coefficient (Wildman–Crippen LogP) is 3.52. The van der Waals surface area contributed by atoms with E-state index < -0.39 is 6.03 Å². The number of nitrogens with zero attached hydrogens (tertiary/aromatic N) is 3. The van der Waals surface area contributed by atoms with Crippen LogP contribution in [-0.2, 0) is 13.0 Å². The van der Waals surface area contributed by atoms with E-state index in [0.717, 1.165) is 16.9 Å². The van der Waals surface area contributed by atoms with Gasteiger partial charge in [0.15, 0.2) is 0 Å². The minimum absolute atomic E-state index is 0.229. The number of benzene rings is 2. The lowest BCUT2D eigenvalue weighted by Crippen LogP contribution is -2.29. The van der Waals surface area contributed by atoms with Crippen LogP contribution in [0.4, 0.5) is 10.6 Å². The van der Waals surface area contributed by atoms with Gasteiger partial charge in [0.1, 0.15) is 11.6 Å². The molecule has 9 nitrogen and oxygen atoms in total. The Bertz CT molecular complexity index is 1300. The Hall–Kier alpha value is -4.40. The smallest absolute Gasteiger partial charge is 0.320 e. The Morgan fingerprint density at radius 1 is 1.09 bits per heavy atom. The molecule has 0 fully saturated rings. The second-order valence-electron chi connectivity index (χ2n) is 7.26. The molecule has 0 saturated heterocycles. The molecule has 33 heavy (non-hydrogen) atoms. The quantitative estimate of drug-likeness (QED) is 0.404. The van der Waals surface area contributed by atoms with E-state index in [9.17, 15) is 9.59 Å². The van der Waals surface area contributed by atoms with E-state index in [-0.39, 0.29) is 11.5 Å². The summed E-state index contributed by atoms with van der Waals surface area (Å²) >= 11 is 0. The van der Waals surface area contributed by atoms with Crippen LogP contribution in [0.1, 0.15) is 18.2 Å². The molecule has 0 saturated carbocycles. The molecule has 3 N–H and O–H groups in total. The SMILES string of the molecule is CCc1cc(=O)[nH]c(-n2nc(-c3ccccc3)cc2NC(=O)NCc2ccc(OC)cc2)n1. The molecule has 168 valence electrons. The zero-order valence-electron chi connectivity index (χ0n) is 18.3. The number of carbonyl (C=O) groups excluding carboxylic acids is 1. The van der Waals surface area contributed by atoms with Gasteiger partial charge in [0.2, 0.25) is 5.95 Å². The van der Waals surface area contributed by atoms with Crippen LogP contribution in [0.3, 0.4) is 0 Å². The number of anilines is 1. The molecule has 2 heterocycles. The van der Waals surface area contributed by atoms with Crippen molar-refractivity contribution in [1.82, 2.24) is 25.1 Å². The highest BCUT2D eigenvalue weighted by atomic mass is 16.5. The summed E-state index contributed by atoms with van der Waals surface area (Å²) in [6, 6.07) is 19.7. The van der Waals surface area contributed by atoms with Gasteiger partial charge >= 0.3 is 6.03 Å². The average Bonchev–Trinajstić information content (AvgIpc) is 3.27. The van der Waals surface area contributed by atoms with Crippen molar-refractivity contribution in [2.45, 2.75) is 19.9 Å². The fourth-order valence-corrected chi connectivity index (χ4v) is 3.24. The van der Waals surface area contributed by atoms with Gasteiger partial charge in [-0.1, -0.05) is 49.4 Å². The first kappa shape index (κ1) is 21.8. The number of ether oxygens (including phenoxy) is 1. The fraction of sp³-hybridized carbons (Fsp3) is 0.167. The van der Waals surface area contributed by atoms with Crippen molar-refractivity contribution in [3.05, 3.63) is 88.3 Å². The molecule has 0 aliphatic carbocycles. The number of rotatable bonds is 7. The number of nitrogens with one attached hydrogen (secondary N) is 3. The van der Waals surface area contributed by atoms with Crippen LogP contribution in [0.2, 0.25) is 0 Å². The van der Waals surface area contributed by atoms with Crippen LogP contribution in [0.5, 0.6) is 5.75 Å². The fourth-order valence-electron chi connectivity index (χ4n) is 3.24. The third-order valence-electron chi connectivity index (χ3n) is 4.98. The lowest BCUT2D eigenvalue weighted by molar-refractivity contribution is 0.251. The van der Waals surface area contributed by atoms with Crippen molar-refractivity contribution in [3.8, 4) is 23.0 Å². The summed E-state index contributed by atoms with van der Waals surface area (Å²) in [7, 11) is 1.60. The van der Waals surface area contributed by atoms with Gasteiger partial charge in [-0.3, -0.25) is 15.1 Å². The summed E-state index contributed by atoms with van der Waals surface area (Å²) < 4.78 is 6.58. The van der Waals surface area contributed by atoms with Gasteiger partial charge in [0.25, 0.3) is 5.56 Å². The van der Waals surface area contributed by atoms with Crippen molar-refractivity contribution in [2.24, 2.45) is 0 Å². The zero-order valence-corrected chi connectivity index (χ0v) is 18.3. The molecule has 0 radical (unpaired) electrons. The first-order valence-corrected chi connectivity index (χ1v) is 10.5. The third kappa shape index (κ3) is 5.27. The number of hydrogen-bond donors (Lipinski definition) is 3. The first-order valence-electron chi connectivity index (χ1n) is 10.5. The van der Waals surface area contributed by atoms with Gasteiger partial charge in [-0.25, -0.2) is 9.78 Å². The molecule has 0 aliphatic heterocycles. The maximum Gasteiger partial charge on any atom is 0.320 e. The summed E-state index contributed by atoms with van der Waals surface area (Å²) in [5.41, 5.74) is 2.76. The van der Waals surface area contributed by atoms with E-state index >= 15 is 0 Å². The number of aromatic nitrogens is 4. The van der Waals surface area contributed by atoms with Gasteiger partial charge in [0, 0.05) is 29.9 Å². The molecular formula is C24H24N6O3. The number of aryl methyl sites for hydroxylation is 1. The predicted molar refractivity (Wildman–Crippen MR) is 126 cm³/mol. The molecule has 0 bridgehead atoms. The number of urea groups is 1. The van der Waals surface area contributed by atoms with Crippen molar-refractivity contribution in [3.63, 3.8) is 0 Å². The number of carbonyl (C=O) groups is 1. The second-order valence-corrected chi connectivity index (χ2v) is 7.26.